The summed E-state index contributed by atoms with van der Waals surface area (Å²) < 4.78 is 5.57. The quantitative estimate of drug-likeness (QED) is 0.626. The first-order valence-electron chi connectivity index (χ1n) is 4.69. The molecule has 0 amide bonds. The summed E-state index contributed by atoms with van der Waals surface area (Å²) in [5.74, 6) is 2.33. The molecule has 0 saturated heterocycles. The molecule has 0 N–H and O–H groups in total. The van der Waals surface area contributed by atoms with E-state index in [0.29, 0.717) is 11.8 Å². The van der Waals surface area contributed by atoms with Crippen molar-refractivity contribution in [2.75, 3.05) is 6.61 Å². The number of allylic oxidation sites excluding steroid dienone is 3. The third-order valence-corrected chi connectivity index (χ3v) is 1.86. The zero-order valence-corrected chi connectivity index (χ0v) is 8.21. The highest BCUT2D eigenvalue weighted by molar-refractivity contribution is 5.17. The van der Waals surface area contributed by atoms with E-state index in [1.165, 1.54) is 0 Å². The van der Waals surface area contributed by atoms with Crippen LogP contribution in [0.25, 0.3) is 0 Å². The summed E-state index contributed by atoms with van der Waals surface area (Å²) in [5.41, 5.74) is 0. The van der Waals surface area contributed by atoms with Gasteiger partial charge in [-0.3, -0.25) is 0 Å². The molecule has 0 aromatic rings. The van der Waals surface area contributed by atoms with Crippen molar-refractivity contribution < 1.29 is 4.74 Å². The Morgan fingerprint density at radius 2 is 2.33 bits per heavy atom. The summed E-state index contributed by atoms with van der Waals surface area (Å²) >= 11 is 0. The lowest BCUT2D eigenvalue weighted by Crippen LogP contribution is -2.03. The van der Waals surface area contributed by atoms with Crippen molar-refractivity contribution in [3.05, 3.63) is 24.0 Å². The zero-order valence-electron chi connectivity index (χ0n) is 8.21. The topological polar surface area (TPSA) is 9.23 Å². The van der Waals surface area contributed by atoms with Gasteiger partial charge in [-0.25, -0.2) is 0 Å². The van der Waals surface area contributed by atoms with Crippen LogP contribution in [0.2, 0.25) is 0 Å². The zero-order chi connectivity index (χ0) is 8.97. The Morgan fingerprint density at radius 1 is 1.58 bits per heavy atom. The van der Waals surface area contributed by atoms with Crippen LogP contribution < -0.4 is 0 Å². The second-order valence-corrected chi connectivity index (χ2v) is 3.88. The fourth-order valence-electron chi connectivity index (χ4n) is 1.08. The summed E-state index contributed by atoms with van der Waals surface area (Å²) in [6.45, 7) is 7.36. The second-order valence-electron chi connectivity index (χ2n) is 3.88. The standard InChI is InChI=1S/C11H18O/c1-9(2)8-12-11-6-4-10(3)5-7-11/h4,6-7,9-10H,5,8H2,1-3H3. The van der Waals surface area contributed by atoms with Crippen molar-refractivity contribution in [2.24, 2.45) is 11.8 Å². The van der Waals surface area contributed by atoms with Crippen LogP contribution in [0.3, 0.4) is 0 Å². The van der Waals surface area contributed by atoms with Gasteiger partial charge < -0.3 is 4.74 Å². The maximum atomic E-state index is 5.57. The van der Waals surface area contributed by atoms with Crippen molar-refractivity contribution >= 4 is 0 Å². The highest BCUT2D eigenvalue weighted by Crippen LogP contribution is 2.16. The van der Waals surface area contributed by atoms with E-state index in [9.17, 15) is 0 Å². The van der Waals surface area contributed by atoms with Crippen molar-refractivity contribution in [3.63, 3.8) is 0 Å². The molecule has 1 nitrogen and oxygen atoms in total. The molecule has 0 radical (unpaired) electrons. The van der Waals surface area contributed by atoms with E-state index in [0.717, 1.165) is 18.8 Å². The maximum Gasteiger partial charge on any atom is 0.115 e. The molecule has 68 valence electrons. The van der Waals surface area contributed by atoms with Crippen molar-refractivity contribution in [2.45, 2.75) is 27.2 Å². The Morgan fingerprint density at radius 3 is 2.83 bits per heavy atom. The van der Waals surface area contributed by atoms with E-state index in [-0.39, 0.29) is 0 Å². The number of hydrogen-bond acceptors (Lipinski definition) is 1. The van der Waals surface area contributed by atoms with Gasteiger partial charge in [0.05, 0.1) is 6.61 Å². The SMILES string of the molecule is CC(C)COC1=CCC(C)C=C1. The van der Waals surface area contributed by atoms with Crippen molar-refractivity contribution in [3.8, 4) is 0 Å². The van der Waals surface area contributed by atoms with Gasteiger partial charge in [-0.05, 0) is 30.4 Å². The molecule has 1 heteroatoms. The smallest absolute Gasteiger partial charge is 0.115 e. The van der Waals surface area contributed by atoms with Crippen LogP contribution in [0.1, 0.15) is 27.2 Å². The molecule has 1 aliphatic rings. The molecule has 1 aliphatic carbocycles. The molecule has 0 bridgehead atoms. The van der Waals surface area contributed by atoms with Gasteiger partial charge in [0, 0.05) is 0 Å². The van der Waals surface area contributed by atoms with Crippen molar-refractivity contribution in [1.29, 1.82) is 0 Å². The van der Waals surface area contributed by atoms with Gasteiger partial charge in [-0.1, -0.05) is 26.8 Å². The van der Waals surface area contributed by atoms with E-state index >= 15 is 0 Å². The molecule has 0 aliphatic heterocycles. The van der Waals surface area contributed by atoms with Gasteiger partial charge in [0.1, 0.15) is 5.76 Å². The van der Waals surface area contributed by atoms with Gasteiger partial charge in [-0.2, -0.15) is 0 Å². The van der Waals surface area contributed by atoms with E-state index < -0.39 is 0 Å². The molecular weight excluding hydrogens is 148 g/mol. The minimum atomic E-state index is 0.610. The third-order valence-electron chi connectivity index (χ3n) is 1.86. The van der Waals surface area contributed by atoms with Gasteiger partial charge in [-0.15, -0.1) is 0 Å². The highest BCUT2D eigenvalue weighted by Gasteiger charge is 2.04. The average Bonchev–Trinajstić information content (AvgIpc) is 2.03. The Labute approximate surface area is 75.1 Å². The summed E-state index contributed by atoms with van der Waals surface area (Å²) in [7, 11) is 0. The monoisotopic (exact) mass is 166 g/mol. The summed E-state index contributed by atoms with van der Waals surface area (Å²) in [6, 6.07) is 0. The lowest BCUT2D eigenvalue weighted by molar-refractivity contribution is 0.187. The third kappa shape index (κ3) is 3.12. The molecule has 0 fully saturated rings. The van der Waals surface area contributed by atoms with E-state index in [1.807, 2.05) is 0 Å². The number of hydrogen-bond donors (Lipinski definition) is 0. The van der Waals surface area contributed by atoms with Gasteiger partial charge >= 0.3 is 0 Å². The molecule has 1 atom stereocenters. The minimum Gasteiger partial charge on any atom is -0.494 e. The Balaban J connectivity index is 2.30. The molecule has 1 rings (SSSR count). The van der Waals surface area contributed by atoms with Gasteiger partial charge in [0.15, 0.2) is 0 Å². The average molecular weight is 166 g/mol. The second kappa shape index (κ2) is 4.34. The Bertz CT molecular complexity index is 189. The van der Waals surface area contributed by atoms with E-state index in [1.54, 1.807) is 0 Å². The van der Waals surface area contributed by atoms with E-state index in [4.69, 9.17) is 4.74 Å². The molecule has 0 saturated carbocycles. The molecule has 0 heterocycles. The molecule has 0 aromatic heterocycles. The van der Waals surface area contributed by atoms with Crippen LogP contribution in [0.15, 0.2) is 24.0 Å². The molecule has 0 aromatic carbocycles. The first kappa shape index (κ1) is 9.37. The molecule has 1 unspecified atom stereocenters. The fourth-order valence-corrected chi connectivity index (χ4v) is 1.08. The van der Waals surface area contributed by atoms with Gasteiger partial charge in [0.2, 0.25) is 0 Å². The first-order valence-corrected chi connectivity index (χ1v) is 4.69. The normalized spacial score (nSPS) is 22.7. The first-order chi connectivity index (χ1) is 5.68. The summed E-state index contributed by atoms with van der Waals surface area (Å²) in [4.78, 5) is 0. The van der Waals surface area contributed by atoms with Crippen LogP contribution in [0.4, 0.5) is 0 Å². The highest BCUT2D eigenvalue weighted by atomic mass is 16.5. The van der Waals surface area contributed by atoms with Crippen molar-refractivity contribution in [1.82, 2.24) is 0 Å². The van der Waals surface area contributed by atoms with Crippen LogP contribution >= 0.6 is 0 Å². The lowest BCUT2D eigenvalue weighted by Gasteiger charge is -2.14. The van der Waals surface area contributed by atoms with Crippen LogP contribution in [-0.2, 0) is 4.74 Å². The van der Waals surface area contributed by atoms with E-state index in [2.05, 4.69) is 39.0 Å². The molecule has 12 heavy (non-hydrogen) atoms. The minimum absolute atomic E-state index is 0.610. The number of rotatable bonds is 3. The van der Waals surface area contributed by atoms with Crippen LogP contribution in [0, 0.1) is 11.8 Å². The summed E-state index contributed by atoms with van der Waals surface area (Å²) in [5, 5.41) is 0. The number of ether oxygens (including phenoxy) is 1. The van der Waals surface area contributed by atoms with Gasteiger partial charge in [0.25, 0.3) is 0 Å². The maximum absolute atomic E-state index is 5.57. The molecular formula is C11H18O. The lowest BCUT2D eigenvalue weighted by atomic mass is 10.0. The Hall–Kier alpha value is -0.720. The van der Waals surface area contributed by atoms with Crippen LogP contribution in [-0.4, -0.2) is 6.61 Å². The fraction of sp³-hybridized carbons (Fsp3) is 0.636. The molecule has 0 spiro atoms. The predicted octanol–water partition coefficient (Wildman–Crippen LogP) is 3.14. The largest absolute Gasteiger partial charge is 0.494 e. The summed E-state index contributed by atoms with van der Waals surface area (Å²) in [6.07, 6.45) is 7.57. The van der Waals surface area contributed by atoms with Crippen LogP contribution in [0.5, 0.6) is 0 Å². The predicted molar refractivity (Wildman–Crippen MR) is 51.8 cm³/mol. The Kier molecular flexibility index (Phi) is 3.39.